The van der Waals surface area contributed by atoms with E-state index >= 15 is 0 Å². The molecular formula is C32H48N2O2. The second-order valence-corrected chi connectivity index (χ2v) is 11.9. The molecule has 0 aliphatic heterocycles. The fourth-order valence-corrected chi connectivity index (χ4v) is 4.89. The van der Waals surface area contributed by atoms with Crippen LogP contribution in [0.2, 0.25) is 0 Å². The van der Waals surface area contributed by atoms with E-state index < -0.39 is 5.41 Å². The van der Waals surface area contributed by atoms with Crippen molar-refractivity contribution in [2.75, 3.05) is 16.8 Å². The van der Waals surface area contributed by atoms with Crippen LogP contribution in [0.5, 0.6) is 0 Å². The van der Waals surface area contributed by atoms with Gasteiger partial charge < -0.3 is 9.69 Å². The number of carbonyl (C=O) groups is 2. The first-order valence-corrected chi connectivity index (χ1v) is 13.5. The predicted octanol–water partition coefficient (Wildman–Crippen LogP) is 8.22. The minimum atomic E-state index is -1.15. The topological polar surface area (TPSA) is 40.6 Å². The summed E-state index contributed by atoms with van der Waals surface area (Å²) in [5.74, 6) is 0.927. The van der Waals surface area contributed by atoms with Crippen LogP contribution in [0.3, 0.4) is 0 Å². The quantitative estimate of drug-likeness (QED) is 0.190. The molecule has 0 N–H and O–H groups in total. The van der Waals surface area contributed by atoms with Crippen LogP contribution < -0.4 is 9.80 Å². The highest BCUT2D eigenvalue weighted by Crippen LogP contribution is 2.41. The normalized spacial score (nSPS) is 13.0. The van der Waals surface area contributed by atoms with Gasteiger partial charge in [0.25, 0.3) is 0 Å². The van der Waals surface area contributed by atoms with Crippen molar-refractivity contribution in [3.63, 3.8) is 0 Å². The zero-order chi connectivity index (χ0) is 27.5. The first kappa shape index (κ1) is 29.6. The number of benzene rings is 2. The molecular weight excluding hydrogens is 444 g/mol. The van der Waals surface area contributed by atoms with Gasteiger partial charge in [0, 0.05) is 12.7 Å². The second kappa shape index (κ2) is 11.6. The zero-order valence-electron chi connectivity index (χ0n) is 24.6. The Labute approximate surface area is 220 Å². The molecule has 0 heterocycles. The Morgan fingerprint density at radius 3 is 1.33 bits per heavy atom. The molecule has 0 aromatic heterocycles. The van der Waals surface area contributed by atoms with Crippen molar-refractivity contribution in [3.8, 4) is 0 Å². The third kappa shape index (κ3) is 5.85. The van der Waals surface area contributed by atoms with E-state index in [1.807, 2.05) is 4.90 Å². The molecule has 4 nitrogen and oxygen atoms in total. The monoisotopic (exact) mass is 492 g/mol. The third-order valence-corrected chi connectivity index (χ3v) is 7.28. The summed E-state index contributed by atoms with van der Waals surface area (Å²) in [4.78, 5) is 30.5. The van der Waals surface area contributed by atoms with Gasteiger partial charge in [-0.1, -0.05) is 91.8 Å². The van der Waals surface area contributed by atoms with E-state index in [9.17, 15) is 9.59 Å². The van der Waals surface area contributed by atoms with Gasteiger partial charge in [0.2, 0.25) is 5.91 Å². The first-order valence-electron chi connectivity index (χ1n) is 13.5. The van der Waals surface area contributed by atoms with Gasteiger partial charge >= 0.3 is 0 Å². The number of aldehydes is 1. The maximum atomic E-state index is 14.2. The summed E-state index contributed by atoms with van der Waals surface area (Å²) in [5.41, 5.74) is 5.74. The Balaban J connectivity index is 2.90. The summed E-state index contributed by atoms with van der Waals surface area (Å²) >= 11 is 0. The molecule has 1 atom stereocenters. The Morgan fingerprint density at radius 2 is 1.03 bits per heavy atom. The fraction of sp³-hybridized carbons (Fsp3) is 0.562. The van der Waals surface area contributed by atoms with Crippen LogP contribution in [-0.2, 0) is 9.59 Å². The molecule has 0 saturated heterocycles. The molecule has 198 valence electrons. The minimum Gasteiger partial charge on any atom is -0.354 e. The van der Waals surface area contributed by atoms with Gasteiger partial charge in [0.05, 0.1) is 11.1 Å². The number of carbonyl (C=O) groups excluding carboxylic acids is 2. The molecule has 0 bridgehead atoms. The summed E-state index contributed by atoms with van der Waals surface area (Å²) in [6.07, 6.45) is 0.468. The number of hydrogen-bond acceptors (Lipinski definition) is 3. The smallest absolute Gasteiger partial charge is 0.241 e. The summed E-state index contributed by atoms with van der Waals surface area (Å²) < 4.78 is 0. The van der Waals surface area contributed by atoms with Crippen molar-refractivity contribution < 1.29 is 9.59 Å². The van der Waals surface area contributed by atoms with E-state index in [0.717, 1.165) is 23.1 Å². The maximum absolute atomic E-state index is 14.2. The average Bonchev–Trinajstić information content (AvgIpc) is 2.82. The van der Waals surface area contributed by atoms with Crippen molar-refractivity contribution in [1.29, 1.82) is 0 Å². The summed E-state index contributed by atoms with van der Waals surface area (Å²) in [6.45, 7) is 23.0. The molecule has 0 spiro atoms. The fourth-order valence-electron chi connectivity index (χ4n) is 4.89. The molecule has 0 fully saturated rings. The van der Waals surface area contributed by atoms with Gasteiger partial charge in [-0.15, -0.1) is 0 Å². The molecule has 36 heavy (non-hydrogen) atoms. The molecule has 0 saturated carbocycles. The van der Waals surface area contributed by atoms with Crippen LogP contribution in [0.25, 0.3) is 0 Å². The second-order valence-electron chi connectivity index (χ2n) is 11.9. The molecule has 2 aromatic carbocycles. The Kier molecular flexibility index (Phi) is 9.56. The van der Waals surface area contributed by atoms with Gasteiger partial charge in [-0.2, -0.15) is 0 Å². The molecule has 0 aliphatic rings. The first-order chi connectivity index (χ1) is 16.7. The number of hydrogen-bond donors (Lipinski definition) is 0. The van der Waals surface area contributed by atoms with Crippen LogP contribution >= 0.6 is 0 Å². The lowest BCUT2D eigenvalue weighted by atomic mass is 9.88. The van der Waals surface area contributed by atoms with Gasteiger partial charge in [-0.25, -0.2) is 0 Å². The van der Waals surface area contributed by atoms with E-state index in [4.69, 9.17) is 0 Å². The lowest BCUT2D eigenvalue weighted by molar-refractivity contribution is -0.132. The van der Waals surface area contributed by atoms with Crippen LogP contribution in [0.4, 0.5) is 11.4 Å². The number of rotatable bonds is 10. The number of anilines is 2. The van der Waals surface area contributed by atoms with E-state index in [-0.39, 0.29) is 23.9 Å². The molecule has 1 amide bonds. The summed E-state index contributed by atoms with van der Waals surface area (Å²) in [7, 11) is 2.08. The SMILES string of the molecule is CC(C)c1cccc(C(C)C)c1N(C)C(C)N(C(=O)C(C)(C)C=O)c1c(C(C)C)cccc1C(C)C. The lowest BCUT2D eigenvalue weighted by Crippen LogP contribution is -2.54. The van der Waals surface area contributed by atoms with Gasteiger partial charge in [-0.05, 0) is 66.7 Å². The van der Waals surface area contributed by atoms with Gasteiger partial charge in [0.1, 0.15) is 12.5 Å². The van der Waals surface area contributed by atoms with Crippen molar-refractivity contribution in [3.05, 3.63) is 58.7 Å². The van der Waals surface area contributed by atoms with Crippen LogP contribution in [0.15, 0.2) is 36.4 Å². The van der Waals surface area contributed by atoms with Crippen molar-refractivity contribution >= 4 is 23.6 Å². The van der Waals surface area contributed by atoms with E-state index in [1.54, 1.807) is 13.8 Å². The van der Waals surface area contributed by atoms with E-state index in [0.29, 0.717) is 11.8 Å². The summed E-state index contributed by atoms with van der Waals surface area (Å²) in [6, 6.07) is 12.8. The molecule has 0 radical (unpaired) electrons. The van der Waals surface area contributed by atoms with Crippen LogP contribution in [0.1, 0.15) is 122 Å². The largest absolute Gasteiger partial charge is 0.354 e. The average molecular weight is 493 g/mol. The molecule has 1 unspecified atom stereocenters. The highest BCUT2D eigenvalue weighted by atomic mass is 16.2. The highest BCUT2D eigenvalue weighted by molar-refractivity contribution is 6.07. The summed E-state index contributed by atoms with van der Waals surface area (Å²) in [5, 5.41) is 0. The predicted molar refractivity (Wildman–Crippen MR) is 154 cm³/mol. The van der Waals surface area contributed by atoms with Gasteiger partial charge in [-0.3, -0.25) is 9.69 Å². The van der Waals surface area contributed by atoms with Gasteiger partial charge in [0.15, 0.2) is 0 Å². The van der Waals surface area contributed by atoms with E-state index in [1.165, 1.54) is 16.8 Å². The number of para-hydroxylation sites is 2. The minimum absolute atomic E-state index is 0.181. The van der Waals surface area contributed by atoms with Crippen LogP contribution in [0, 0.1) is 5.41 Å². The standard InChI is InChI=1S/C32H48N2O2/c1-20(2)25-15-13-16-26(21(3)4)29(25)33(12)24(9)34(31(36)32(10,11)19-35)30-27(22(5)6)17-14-18-28(30)23(7)8/h13-24H,1-12H3. The Bertz CT molecular complexity index is 1010. The van der Waals surface area contributed by atoms with Crippen LogP contribution in [-0.4, -0.2) is 25.4 Å². The third-order valence-electron chi connectivity index (χ3n) is 7.28. The molecule has 2 aromatic rings. The molecule has 4 heteroatoms. The lowest BCUT2D eigenvalue weighted by Gasteiger charge is -2.43. The van der Waals surface area contributed by atoms with Crippen molar-refractivity contribution in [2.24, 2.45) is 5.41 Å². The highest BCUT2D eigenvalue weighted by Gasteiger charge is 2.39. The Morgan fingerprint density at radius 1 is 0.694 bits per heavy atom. The number of amides is 1. The maximum Gasteiger partial charge on any atom is 0.241 e. The van der Waals surface area contributed by atoms with Crippen molar-refractivity contribution in [2.45, 2.75) is 106 Å². The molecule has 0 aliphatic carbocycles. The van der Waals surface area contributed by atoms with Crippen molar-refractivity contribution in [1.82, 2.24) is 0 Å². The zero-order valence-corrected chi connectivity index (χ0v) is 24.6. The Hall–Kier alpha value is -2.62. The molecule has 2 rings (SSSR count). The van der Waals surface area contributed by atoms with E-state index in [2.05, 4.69) is 111 Å². The number of nitrogens with zero attached hydrogens (tertiary/aromatic N) is 2.